The normalized spacial score (nSPS) is 18.8. The van der Waals surface area contributed by atoms with E-state index in [9.17, 15) is 24.0 Å². The summed E-state index contributed by atoms with van der Waals surface area (Å²) >= 11 is 0. The van der Waals surface area contributed by atoms with Crippen LogP contribution in [0.4, 0.5) is 0 Å². The molecule has 134 valence electrons. The van der Waals surface area contributed by atoms with Gasteiger partial charge in [-0.2, -0.15) is 0 Å². The van der Waals surface area contributed by atoms with E-state index in [1.807, 2.05) is 0 Å². The number of methoxy groups -OCH3 is 3. The first-order valence-electron chi connectivity index (χ1n) is 7.16. The third-order valence-electron chi connectivity index (χ3n) is 3.59. The van der Waals surface area contributed by atoms with E-state index in [4.69, 9.17) is 0 Å². The minimum atomic E-state index is -1.45. The van der Waals surface area contributed by atoms with Crippen LogP contribution in [0.15, 0.2) is 0 Å². The molecule has 1 heterocycles. The lowest BCUT2D eigenvalue weighted by molar-refractivity contribution is -0.159. The molecule has 2 N–H and O–H groups in total. The van der Waals surface area contributed by atoms with Gasteiger partial charge in [0.25, 0.3) is 0 Å². The van der Waals surface area contributed by atoms with Crippen molar-refractivity contribution >= 4 is 29.7 Å². The zero-order chi connectivity index (χ0) is 18.3. The smallest absolute Gasteiger partial charge is 0.329 e. The van der Waals surface area contributed by atoms with Crippen LogP contribution < -0.4 is 10.6 Å². The lowest BCUT2D eigenvalue weighted by Gasteiger charge is -2.24. The van der Waals surface area contributed by atoms with E-state index in [0.717, 1.165) is 21.3 Å². The van der Waals surface area contributed by atoms with Crippen LogP contribution in [0, 0.1) is 5.92 Å². The predicted octanol–water partition coefficient (Wildman–Crippen LogP) is -1.72. The Morgan fingerprint density at radius 2 is 1.75 bits per heavy atom. The Morgan fingerprint density at radius 1 is 1.12 bits per heavy atom. The molecule has 1 aliphatic rings. The fourth-order valence-corrected chi connectivity index (χ4v) is 2.27. The highest BCUT2D eigenvalue weighted by Gasteiger charge is 2.40. The lowest BCUT2D eigenvalue weighted by atomic mass is 9.95. The molecule has 0 saturated carbocycles. The molecule has 0 unspecified atom stereocenters. The number of hydrogen-bond acceptors (Lipinski definition) is 8. The van der Waals surface area contributed by atoms with Gasteiger partial charge in [0.05, 0.1) is 33.7 Å². The van der Waals surface area contributed by atoms with Crippen molar-refractivity contribution in [3.63, 3.8) is 0 Å². The second-order valence-corrected chi connectivity index (χ2v) is 5.08. The summed E-state index contributed by atoms with van der Waals surface area (Å²) in [6, 6.07) is -2.27. The molecular formula is C14H20N2O8. The molecule has 24 heavy (non-hydrogen) atoms. The molecule has 0 radical (unpaired) electrons. The zero-order valence-corrected chi connectivity index (χ0v) is 13.6. The fraction of sp³-hybridized carbons (Fsp3) is 0.643. The molecule has 10 nitrogen and oxygen atoms in total. The third-order valence-corrected chi connectivity index (χ3v) is 3.59. The number of ether oxygens (including phenoxy) is 3. The van der Waals surface area contributed by atoms with Crippen LogP contribution in [0.3, 0.4) is 0 Å². The number of carbonyl (C=O) groups is 5. The summed E-state index contributed by atoms with van der Waals surface area (Å²) < 4.78 is 13.7. The Bertz CT molecular complexity index is 533. The van der Waals surface area contributed by atoms with Crippen LogP contribution >= 0.6 is 0 Å². The van der Waals surface area contributed by atoms with Crippen molar-refractivity contribution in [3.8, 4) is 0 Å². The van der Waals surface area contributed by atoms with Crippen molar-refractivity contribution in [2.24, 2.45) is 5.92 Å². The average Bonchev–Trinajstić information content (AvgIpc) is 3.02. The van der Waals surface area contributed by atoms with Gasteiger partial charge >= 0.3 is 17.9 Å². The highest BCUT2D eigenvalue weighted by molar-refractivity contribution is 5.95. The summed E-state index contributed by atoms with van der Waals surface area (Å²) in [7, 11) is 3.28. The molecule has 0 spiro atoms. The number of esters is 3. The number of rotatable bonds is 7. The Labute approximate surface area is 138 Å². The van der Waals surface area contributed by atoms with Crippen LogP contribution in [-0.2, 0) is 38.2 Å². The molecule has 3 atom stereocenters. The van der Waals surface area contributed by atoms with Crippen molar-refractivity contribution < 1.29 is 38.2 Å². The Kier molecular flexibility index (Phi) is 7.15. The standard InChI is InChI=1S/C14H20N2O8/c1-22-10(18)6-7(13(20)23-2)11(14(21)24-3)16-12(19)8-4-5-9(17)15-8/h7-8,11H,4-6H2,1-3H3,(H,15,17)(H,16,19)/t7-,8-,11+/m0/s1. The van der Waals surface area contributed by atoms with Gasteiger partial charge in [-0.25, -0.2) is 4.79 Å². The van der Waals surface area contributed by atoms with Crippen LogP contribution in [0.5, 0.6) is 0 Å². The molecule has 0 aromatic rings. The van der Waals surface area contributed by atoms with E-state index in [1.54, 1.807) is 0 Å². The summed E-state index contributed by atoms with van der Waals surface area (Å²) in [5, 5.41) is 4.78. The van der Waals surface area contributed by atoms with Gasteiger partial charge in [-0.05, 0) is 6.42 Å². The summed E-state index contributed by atoms with van der Waals surface area (Å²) in [6.07, 6.45) is -0.0394. The van der Waals surface area contributed by atoms with Crippen molar-refractivity contribution in [1.29, 1.82) is 0 Å². The maximum absolute atomic E-state index is 12.2. The number of carbonyl (C=O) groups excluding carboxylic acids is 5. The minimum Gasteiger partial charge on any atom is -0.469 e. The van der Waals surface area contributed by atoms with Crippen LogP contribution in [-0.4, -0.2) is 63.1 Å². The molecule has 1 saturated heterocycles. The number of amides is 2. The summed E-state index contributed by atoms with van der Waals surface area (Å²) in [6.45, 7) is 0. The van der Waals surface area contributed by atoms with Gasteiger partial charge < -0.3 is 24.8 Å². The van der Waals surface area contributed by atoms with Crippen molar-refractivity contribution in [1.82, 2.24) is 10.6 Å². The zero-order valence-electron chi connectivity index (χ0n) is 13.6. The van der Waals surface area contributed by atoms with Crippen LogP contribution in [0.2, 0.25) is 0 Å². The van der Waals surface area contributed by atoms with Gasteiger partial charge in [-0.3, -0.25) is 19.2 Å². The van der Waals surface area contributed by atoms with E-state index < -0.39 is 48.2 Å². The fourth-order valence-electron chi connectivity index (χ4n) is 2.27. The summed E-state index contributed by atoms with van der Waals surface area (Å²) in [4.78, 5) is 58.8. The van der Waals surface area contributed by atoms with Gasteiger partial charge in [0.2, 0.25) is 11.8 Å². The van der Waals surface area contributed by atoms with Crippen LogP contribution in [0.25, 0.3) is 0 Å². The first-order valence-corrected chi connectivity index (χ1v) is 7.16. The topological polar surface area (TPSA) is 137 Å². The second-order valence-electron chi connectivity index (χ2n) is 5.08. The molecule has 1 aliphatic heterocycles. The SMILES string of the molecule is COC(=O)C[C@H](C(=O)OC)[C@@H](NC(=O)[C@@H]1CCC(=O)N1)C(=O)OC. The Hall–Kier alpha value is -2.65. The maximum atomic E-state index is 12.2. The van der Waals surface area contributed by atoms with Gasteiger partial charge in [-0.1, -0.05) is 0 Å². The molecule has 2 amide bonds. The van der Waals surface area contributed by atoms with Crippen LogP contribution in [0.1, 0.15) is 19.3 Å². The van der Waals surface area contributed by atoms with E-state index in [0.29, 0.717) is 0 Å². The van der Waals surface area contributed by atoms with Gasteiger partial charge in [0, 0.05) is 6.42 Å². The van der Waals surface area contributed by atoms with Gasteiger partial charge in [0.15, 0.2) is 0 Å². The Balaban J connectivity index is 2.96. The summed E-state index contributed by atoms with van der Waals surface area (Å²) in [5.41, 5.74) is 0. The first kappa shape index (κ1) is 19.4. The van der Waals surface area contributed by atoms with E-state index >= 15 is 0 Å². The largest absolute Gasteiger partial charge is 0.469 e. The van der Waals surface area contributed by atoms with Crippen molar-refractivity contribution in [2.45, 2.75) is 31.3 Å². The van der Waals surface area contributed by atoms with E-state index in [1.165, 1.54) is 0 Å². The lowest BCUT2D eigenvalue weighted by Crippen LogP contribution is -2.54. The quantitative estimate of drug-likeness (QED) is 0.411. The van der Waals surface area contributed by atoms with E-state index in [-0.39, 0.29) is 18.7 Å². The number of nitrogens with one attached hydrogen (secondary N) is 2. The molecule has 1 rings (SSSR count). The molecule has 10 heteroatoms. The third kappa shape index (κ3) is 4.93. The van der Waals surface area contributed by atoms with Crippen molar-refractivity contribution in [3.05, 3.63) is 0 Å². The molecule has 1 fully saturated rings. The molecule has 0 aliphatic carbocycles. The van der Waals surface area contributed by atoms with Crippen molar-refractivity contribution in [2.75, 3.05) is 21.3 Å². The predicted molar refractivity (Wildman–Crippen MR) is 77.3 cm³/mol. The highest BCUT2D eigenvalue weighted by Crippen LogP contribution is 2.16. The monoisotopic (exact) mass is 344 g/mol. The van der Waals surface area contributed by atoms with E-state index in [2.05, 4.69) is 24.8 Å². The van der Waals surface area contributed by atoms with Gasteiger partial charge in [0.1, 0.15) is 12.1 Å². The molecule has 0 aromatic carbocycles. The summed E-state index contributed by atoms with van der Waals surface area (Å²) in [5.74, 6) is -4.84. The highest BCUT2D eigenvalue weighted by atomic mass is 16.5. The minimum absolute atomic E-state index is 0.184. The molecule has 0 aromatic heterocycles. The van der Waals surface area contributed by atoms with Gasteiger partial charge in [-0.15, -0.1) is 0 Å². The maximum Gasteiger partial charge on any atom is 0.329 e. The molecular weight excluding hydrogens is 324 g/mol. The average molecular weight is 344 g/mol. The number of hydrogen-bond donors (Lipinski definition) is 2. The first-order chi connectivity index (χ1) is 11.3. The second kappa shape index (κ2) is 8.85. The Morgan fingerprint density at radius 3 is 2.21 bits per heavy atom. The molecule has 0 bridgehead atoms.